The number of aryl methyl sites for hydroxylation is 1. The number of nitrogens with zero attached hydrogens (tertiary/aromatic N) is 1. The van der Waals surface area contributed by atoms with Gasteiger partial charge in [-0.15, -0.1) is 0 Å². The summed E-state index contributed by atoms with van der Waals surface area (Å²) < 4.78 is 0. The Balaban J connectivity index is 2.61. The van der Waals surface area contributed by atoms with E-state index in [0.717, 1.165) is 18.4 Å². The molecule has 0 saturated heterocycles. The third-order valence-electron chi connectivity index (χ3n) is 3.29. The number of rotatable bonds is 7. The fourth-order valence-corrected chi connectivity index (χ4v) is 2.08. The zero-order valence-corrected chi connectivity index (χ0v) is 11.2. The normalized spacial score (nSPS) is 12.4. The van der Waals surface area contributed by atoms with Gasteiger partial charge in [-0.2, -0.15) is 0 Å². The summed E-state index contributed by atoms with van der Waals surface area (Å²) >= 11 is 0. The van der Waals surface area contributed by atoms with Gasteiger partial charge in [-0.3, -0.25) is 9.78 Å². The highest BCUT2D eigenvalue weighted by molar-refractivity contribution is 5.95. The maximum absolute atomic E-state index is 12.1. The number of carbonyl (C=O) groups is 1. The number of pyridine rings is 1. The molecule has 1 heterocycles. The first-order chi connectivity index (χ1) is 8.19. The number of aromatic nitrogens is 1. The van der Waals surface area contributed by atoms with Gasteiger partial charge in [0.1, 0.15) is 5.69 Å². The van der Waals surface area contributed by atoms with Crippen LogP contribution in [0.3, 0.4) is 0 Å². The van der Waals surface area contributed by atoms with E-state index in [1.165, 1.54) is 12.8 Å². The van der Waals surface area contributed by atoms with Crippen molar-refractivity contribution in [2.24, 2.45) is 5.92 Å². The highest BCUT2D eigenvalue weighted by atomic mass is 16.1. The lowest BCUT2D eigenvalue weighted by Crippen LogP contribution is -2.11. The molecular weight excluding hydrogens is 210 g/mol. The second-order valence-corrected chi connectivity index (χ2v) is 4.71. The van der Waals surface area contributed by atoms with Crippen molar-refractivity contribution in [3.8, 4) is 0 Å². The molecule has 0 aliphatic carbocycles. The van der Waals surface area contributed by atoms with Gasteiger partial charge in [-0.1, -0.05) is 45.6 Å². The highest BCUT2D eigenvalue weighted by Gasteiger charge is 2.15. The van der Waals surface area contributed by atoms with E-state index in [9.17, 15) is 4.79 Å². The van der Waals surface area contributed by atoms with Crippen molar-refractivity contribution in [2.75, 3.05) is 0 Å². The molecule has 0 bridgehead atoms. The largest absolute Gasteiger partial charge is 0.292 e. The molecule has 1 rings (SSSR count). The Morgan fingerprint density at radius 3 is 2.76 bits per heavy atom. The maximum atomic E-state index is 12.1. The lowest BCUT2D eigenvalue weighted by molar-refractivity contribution is 0.0951. The summed E-state index contributed by atoms with van der Waals surface area (Å²) in [4.78, 5) is 16.3. The molecule has 0 saturated carbocycles. The van der Waals surface area contributed by atoms with Crippen molar-refractivity contribution in [3.63, 3.8) is 0 Å². The molecular formula is C15H23NO. The van der Waals surface area contributed by atoms with Crippen molar-refractivity contribution >= 4 is 5.78 Å². The van der Waals surface area contributed by atoms with Crippen LogP contribution in [0, 0.1) is 12.8 Å². The van der Waals surface area contributed by atoms with Gasteiger partial charge >= 0.3 is 0 Å². The van der Waals surface area contributed by atoms with Gasteiger partial charge in [-0.05, 0) is 24.5 Å². The maximum Gasteiger partial charge on any atom is 0.181 e. The van der Waals surface area contributed by atoms with E-state index in [4.69, 9.17) is 0 Å². The molecule has 1 aromatic rings. The summed E-state index contributed by atoms with van der Waals surface area (Å²) in [7, 11) is 0. The minimum atomic E-state index is 0.200. The Labute approximate surface area is 104 Å². The predicted octanol–water partition coefficient (Wildman–Crippen LogP) is 4.18. The van der Waals surface area contributed by atoms with E-state index in [0.29, 0.717) is 18.0 Å². The second kappa shape index (κ2) is 7.21. The molecule has 0 aromatic carbocycles. The molecule has 1 aromatic heterocycles. The molecule has 2 nitrogen and oxygen atoms in total. The van der Waals surface area contributed by atoms with Crippen LogP contribution in [0.25, 0.3) is 0 Å². The quantitative estimate of drug-likeness (QED) is 0.661. The molecule has 1 unspecified atom stereocenters. The third kappa shape index (κ3) is 4.29. The number of hydrogen-bond donors (Lipinski definition) is 0. The lowest BCUT2D eigenvalue weighted by Gasteiger charge is -2.13. The average Bonchev–Trinajstić information content (AvgIpc) is 2.34. The van der Waals surface area contributed by atoms with Crippen molar-refractivity contribution < 1.29 is 4.79 Å². The van der Waals surface area contributed by atoms with Gasteiger partial charge in [0.15, 0.2) is 5.78 Å². The summed E-state index contributed by atoms with van der Waals surface area (Å²) in [6, 6.07) is 3.83. The number of unbranched alkanes of at least 4 members (excludes halogenated alkanes) is 1. The molecule has 0 spiro atoms. The second-order valence-electron chi connectivity index (χ2n) is 4.71. The van der Waals surface area contributed by atoms with Crippen molar-refractivity contribution in [1.29, 1.82) is 0 Å². The Hall–Kier alpha value is -1.18. The van der Waals surface area contributed by atoms with Gasteiger partial charge in [0.05, 0.1) is 0 Å². The van der Waals surface area contributed by atoms with E-state index in [-0.39, 0.29) is 5.78 Å². The summed E-state index contributed by atoms with van der Waals surface area (Å²) in [6.45, 7) is 6.31. The summed E-state index contributed by atoms with van der Waals surface area (Å²) in [5.41, 5.74) is 1.64. The molecule has 0 amide bonds. The average molecular weight is 233 g/mol. The van der Waals surface area contributed by atoms with Gasteiger partial charge < -0.3 is 0 Å². The molecule has 0 N–H and O–H groups in total. The standard InChI is InChI=1S/C15H23NO/c1-4-6-9-13(5-2)11-14(17)15-12(3)8-7-10-16-15/h7-8,10,13H,4-6,9,11H2,1-3H3. The zero-order chi connectivity index (χ0) is 12.7. The molecule has 0 aliphatic rings. The van der Waals surface area contributed by atoms with Crippen LogP contribution in [-0.2, 0) is 0 Å². The molecule has 0 fully saturated rings. The summed E-state index contributed by atoms with van der Waals surface area (Å²) in [5, 5.41) is 0. The Bertz CT molecular complexity index is 360. The van der Waals surface area contributed by atoms with E-state index in [1.54, 1.807) is 6.20 Å². The fourth-order valence-electron chi connectivity index (χ4n) is 2.08. The van der Waals surface area contributed by atoms with E-state index in [1.807, 2.05) is 19.1 Å². The molecule has 2 heteroatoms. The first kappa shape index (κ1) is 13.9. The topological polar surface area (TPSA) is 30.0 Å². The smallest absolute Gasteiger partial charge is 0.181 e. The Kier molecular flexibility index (Phi) is 5.88. The van der Waals surface area contributed by atoms with Crippen molar-refractivity contribution in [2.45, 2.75) is 52.9 Å². The highest BCUT2D eigenvalue weighted by Crippen LogP contribution is 2.19. The monoisotopic (exact) mass is 233 g/mol. The molecule has 1 atom stereocenters. The van der Waals surface area contributed by atoms with Crippen LogP contribution in [0.5, 0.6) is 0 Å². The van der Waals surface area contributed by atoms with Crippen LogP contribution in [0.2, 0.25) is 0 Å². The first-order valence-electron chi connectivity index (χ1n) is 6.63. The third-order valence-corrected chi connectivity index (χ3v) is 3.29. The lowest BCUT2D eigenvalue weighted by atomic mass is 9.92. The van der Waals surface area contributed by atoms with Crippen LogP contribution in [0.15, 0.2) is 18.3 Å². The molecule has 0 radical (unpaired) electrons. The molecule has 0 aliphatic heterocycles. The van der Waals surface area contributed by atoms with Gasteiger partial charge in [-0.25, -0.2) is 0 Å². The van der Waals surface area contributed by atoms with Crippen LogP contribution < -0.4 is 0 Å². The SMILES string of the molecule is CCCCC(CC)CC(=O)c1ncccc1C. The van der Waals surface area contributed by atoms with Crippen LogP contribution in [-0.4, -0.2) is 10.8 Å². The van der Waals surface area contributed by atoms with Crippen LogP contribution in [0.1, 0.15) is 62.0 Å². The number of ketones is 1. The van der Waals surface area contributed by atoms with Gasteiger partial charge in [0, 0.05) is 12.6 Å². The number of Topliss-reactive ketones (excluding diaryl/α,β-unsaturated/α-hetero) is 1. The first-order valence-corrected chi connectivity index (χ1v) is 6.63. The summed E-state index contributed by atoms with van der Waals surface area (Å²) in [5.74, 6) is 0.718. The molecule has 94 valence electrons. The van der Waals surface area contributed by atoms with Crippen molar-refractivity contribution in [1.82, 2.24) is 4.98 Å². The summed E-state index contributed by atoms with van der Waals surface area (Å²) in [6.07, 6.45) is 7.00. The van der Waals surface area contributed by atoms with E-state index >= 15 is 0 Å². The molecule has 17 heavy (non-hydrogen) atoms. The number of carbonyl (C=O) groups excluding carboxylic acids is 1. The van der Waals surface area contributed by atoms with Crippen molar-refractivity contribution in [3.05, 3.63) is 29.6 Å². The minimum Gasteiger partial charge on any atom is -0.292 e. The zero-order valence-electron chi connectivity index (χ0n) is 11.2. The van der Waals surface area contributed by atoms with Crippen LogP contribution in [0.4, 0.5) is 0 Å². The van der Waals surface area contributed by atoms with E-state index in [2.05, 4.69) is 18.8 Å². The van der Waals surface area contributed by atoms with Gasteiger partial charge in [0.25, 0.3) is 0 Å². The minimum absolute atomic E-state index is 0.200. The number of hydrogen-bond acceptors (Lipinski definition) is 2. The predicted molar refractivity (Wildman–Crippen MR) is 71.2 cm³/mol. The van der Waals surface area contributed by atoms with Crippen LogP contribution >= 0.6 is 0 Å². The van der Waals surface area contributed by atoms with Gasteiger partial charge in [0.2, 0.25) is 0 Å². The Morgan fingerprint density at radius 1 is 1.41 bits per heavy atom. The fraction of sp³-hybridized carbons (Fsp3) is 0.600. The van der Waals surface area contributed by atoms with E-state index < -0.39 is 0 Å². The Morgan fingerprint density at radius 2 is 2.18 bits per heavy atom.